The fourth-order valence-corrected chi connectivity index (χ4v) is 1.23. The first-order chi connectivity index (χ1) is 7.20. The molecule has 0 bridgehead atoms. The normalized spacial score (nSPS) is 9.73. The van der Waals surface area contributed by atoms with Crippen LogP contribution in [0.2, 0.25) is 0 Å². The van der Waals surface area contributed by atoms with Crippen LogP contribution in [0.4, 0.5) is 0 Å². The molecular formula is C11H20O4. The van der Waals surface area contributed by atoms with Crippen LogP contribution >= 0.6 is 0 Å². The molecule has 0 saturated heterocycles. The van der Waals surface area contributed by atoms with E-state index in [1.165, 1.54) is 7.11 Å². The van der Waals surface area contributed by atoms with E-state index >= 15 is 0 Å². The third kappa shape index (κ3) is 9.25. The van der Waals surface area contributed by atoms with Crippen LogP contribution in [0, 0.1) is 0 Å². The van der Waals surface area contributed by atoms with Crippen LogP contribution < -0.4 is 0 Å². The molecular weight excluding hydrogens is 196 g/mol. The fraction of sp³-hybridized carbons (Fsp3) is 0.818. The van der Waals surface area contributed by atoms with E-state index in [1.807, 2.05) is 0 Å². The number of hydrogen-bond acceptors (Lipinski definition) is 4. The predicted octanol–water partition coefficient (Wildman–Crippen LogP) is 2.06. The Balaban J connectivity index is 3.18. The van der Waals surface area contributed by atoms with E-state index in [0.29, 0.717) is 19.4 Å². The number of hydrogen-bond donors (Lipinski definition) is 0. The molecule has 88 valence electrons. The van der Waals surface area contributed by atoms with E-state index in [-0.39, 0.29) is 11.9 Å². The molecule has 0 amide bonds. The van der Waals surface area contributed by atoms with Crippen LogP contribution in [-0.4, -0.2) is 25.7 Å². The third-order valence-corrected chi connectivity index (χ3v) is 2.04. The van der Waals surface area contributed by atoms with Gasteiger partial charge in [-0.15, -0.1) is 0 Å². The van der Waals surface area contributed by atoms with Crippen molar-refractivity contribution >= 4 is 11.9 Å². The Morgan fingerprint density at radius 1 is 0.933 bits per heavy atom. The summed E-state index contributed by atoms with van der Waals surface area (Å²) in [5.41, 5.74) is 0. The van der Waals surface area contributed by atoms with Gasteiger partial charge in [0.2, 0.25) is 0 Å². The molecule has 0 aliphatic heterocycles. The Bertz CT molecular complexity index is 189. The zero-order chi connectivity index (χ0) is 11.5. The van der Waals surface area contributed by atoms with Crippen molar-refractivity contribution in [2.75, 3.05) is 13.7 Å². The Morgan fingerprint density at radius 2 is 1.47 bits per heavy atom. The molecule has 0 aliphatic rings. The summed E-state index contributed by atoms with van der Waals surface area (Å²) < 4.78 is 9.30. The Labute approximate surface area is 90.9 Å². The molecule has 0 heterocycles. The second-order valence-electron chi connectivity index (χ2n) is 3.30. The fourth-order valence-electron chi connectivity index (χ4n) is 1.23. The van der Waals surface area contributed by atoms with Gasteiger partial charge in [0.25, 0.3) is 0 Å². The number of carbonyl (C=O) groups is 2. The van der Waals surface area contributed by atoms with Gasteiger partial charge >= 0.3 is 11.9 Å². The maximum atomic E-state index is 10.9. The largest absolute Gasteiger partial charge is 0.469 e. The molecule has 4 nitrogen and oxygen atoms in total. The van der Waals surface area contributed by atoms with Crippen molar-refractivity contribution in [3.8, 4) is 0 Å². The lowest BCUT2D eigenvalue weighted by Crippen LogP contribution is -2.03. The molecule has 0 fully saturated rings. The van der Waals surface area contributed by atoms with Crippen LogP contribution in [0.1, 0.15) is 45.4 Å². The van der Waals surface area contributed by atoms with Crippen molar-refractivity contribution in [1.82, 2.24) is 0 Å². The number of methoxy groups -OCH3 is 1. The van der Waals surface area contributed by atoms with E-state index in [4.69, 9.17) is 4.74 Å². The zero-order valence-electron chi connectivity index (χ0n) is 9.58. The highest BCUT2D eigenvalue weighted by atomic mass is 16.5. The van der Waals surface area contributed by atoms with Crippen molar-refractivity contribution in [1.29, 1.82) is 0 Å². The summed E-state index contributed by atoms with van der Waals surface area (Å²) in [5.74, 6) is -0.300. The van der Waals surface area contributed by atoms with E-state index in [0.717, 1.165) is 25.7 Å². The molecule has 0 aliphatic carbocycles. The van der Waals surface area contributed by atoms with Crippen molar-refractivity contribution in [2.24, 2.45) is 0 Å². The molecule has 0 saturated carbocycles. The van der Waals surface area contributed by atoms with Gasteiger partial charge in [0.15, 0.2) is 0 Å². The minimum Gasteiger partial charge on any atom is -0.469 e. The van der Waals surface area contributed by atoms with Crippen LogP contribution in [0.5, 0.6) is 0 Å². The van der Waals surface area contributed by atoms with Gasteiger partial charge < -0.3 is 9.47 Å². The SMILES string of the molecule is CCOC(=O)CCCCCCC(=O)OC. The molecule has 0 aromatic carbocycles. The number of carbonyl (C=O) groups excluding carboxylic acids is 2. The van der Waals surface area contributed by atoms with Gasteiger partial charge in [0, 0.05) is 12.8 Å². The summed E-state index contributed by atoms with van der Waals surface area (Å²) in [4.78, 5) is 21.7. The van der Waals surface area contributed by atoms with E-state index in [2.05, 4.69) is 4.74 Å². The first kappa shape index (κ1) is 13.9. The number of esters is 2. The van der Waals surface area contributed by atoms with E-state index in [1.54, 1.807) is 6.92 Å². The number of ether oxygens (including phenoxy) is 2. The highest BCUT2D eigenvalue weighted by Gasteiger charge is 2.02. The standard InChI is InChI=1S/C11H20O4/c1-3-15-11(13)9-7-5-4-6-8-10(12)14-2/h3-9H2,1-2H3. The molecule has 15 heavy (non-hydrogen) atoms. The molecule has 0 aromatic rings. The van der Waals surface area contributed by atoms with Crippen LogP contribution in [-0.2, 0) is 19.1 Å². The van der Waals surface area contributed by atoms with Gasteiger partial charge in [-0.05, 0) is 19.8 Å². The van der Waals surface area contributed by atoms with Gasteiger partial charge in [0.1, 0.15) is 0 Å². The Morgan fingerprint density at radius 3 is 1.93 bits per heavy atom. The summed E-state index contributed by atoms with van der Waals surface area (Å²) in [6.45, 7) is 2.25. The molecule has 4 heteroatoms. The second kappa shape index (κ2) is 9.49. The van der Waals surface area contributed by atoms with Gasteiger partial charge in [-0.3, -0.25) is 9.59 Å². The molecule has 0 atom stereocenters. The lowest BCUT2D eigenvalue weighted by atomic mass is 10.1. The Hall–Kier alpha value is -1.06. The first-order valence-corrected chi connectivity index (χ1v) is 5.43. The van der Waals surface area contributed by atoms with Crippen molar-refractivity contribution in [3.05, 3.63) is 0 Å². The molecule has 0 N–H and O–H groups in total. The summed E-state index contributed by atoms with van der Waals surface area (Å²) in [6.07, 6.45) is 4.52. The maximum absolute atomic E-state index is 10.9. The van der Waals surface area contributed by atoms with Crippen LogP contribution in [0.15, 0.2) is 0 Å². The third-order valence-electron chi connectivity index (χ3n) is 2.04. The Kier molecular flexibility index (Phi) is 8.82. The van der Waals surface area contributed by atoms with Gasteiger partial charge in [0.05, 0.1) is 13.7 Å². The second-order valence-corrected chi connectivity index (χ2v) is 3.30. The zero-order valence-corrected chi connectivity index (χ0v) is 9.58. The van der Waals surface area contributed by atoms with E-state index in [9.17, 15) is 9.59 Å². The van der Waals surface area contributed by atoms with Crippen LogP contribution in [0.25, 0.3) is 0 Å². The van der Waals surface area contributed by atoms with Crippen molar-refractivity contribution < 1.29 is 19.1 Å². The van der Waals surface area contributed by atoms with Crippen molar-refractivity contribution in [3.63, 3.8) is 0 Å². The lowest BCUT2D eigenvalue weighted by Gasteiger charge is -2.01. The van der Waals surface area contributed by atoms with Crippen molar-refractivity contribution in [2.45, 2.75) is 45.4 Å². The summed E-state index contributed by atoms with van der Waals surface area (Å²) in [7, 11) is 1.39. The summed E-state index contributed by atoms with van der Waals surface area (Å²) in [6, 6.07) is 0. The van der Waals surface area contributed by atoms with Gasteiger partial charge in [-0.25, -0.2) is 0 Å². The minimum atomic E-state index is -0.166. The van der Waals surface area contributed by atoms with Crippen LogP contribution in [0.3, 0.4) is 0 Å². The molecule has 0 rings (SSSR count). The monoisotopic (exact) mass is 216 g/mol. The first-order valence-electron chi connectivity index (χ1n) is 5.43. The lowest BCUT2D eigenvalue weighted by molar-refractivity contribution is -0.143. The average Bonchev–Trinajstić information content (AvgIpc) is 2.23. The van der Waals surface area contributed by atoms with Gasteiger partial charge in [-0.2, -0.15) is 0 Å². The molecule has 0 unspecified atom stereocenters. The predicted molar refractivity (Wildman–Crippen MR) is 56.4 cm³/mol. The van der Waals surface area contributed by atoms with E-state index < -0.39 is 0 Å². The smallest absolute Gasteiger partial charge is 0.305 e. The number of rotatable bonds is 8. The quantitative estimate of drug-likeness (QED) is 0.460. The molecule has 0 radical (unpaired) electrons. The minimum absolute atomic E-state index is 0.134. The average molecular weight is 216 g/mol. The summed E-state index contributed by atoms with van der Waals surface area (Å²) in [5, 5.41) is 0. The molecule has 0 aromatic heterocycles. The highest BCUT2D eigenvalue weighted by Crippen LogP contribution is 2.06. The summed E-state index contributed by atoms with van der Waals surface area (Å²) >= 11 is 0. The highest BCUT2D eigenvalue weighted by molar-refractivity contribution is 5.69. The topological polar surface area (TPSA) is 52.6 Å². The number of unbranched alkanes of at least 4 members (excludes halogenated alkanes) is 3. The molecule has 0 spiro atoms. The maximum Gasteiger partial charge on any atom is 0.305 e. The van der Waals surface area contributed by atoms with Gasteiger partial charge in [-0.1, -0.05) is 12.8 Å².